The van der Waals surface area contributed by atoms with E-state index in [1.54, 1.807) is 18.2 Å². The second kappa shape index (κ2) is 10.4. The molecule has 1 aliphatic heterocycles. The number of fused-ring (bicyclic) bond motifs is 1. The fourth-order valence-corrected chi connectivity index (χ4v) is 5.29. The lowest BCUT2D eigenvalue weighted by Crippen LogP contribution is -2.39. The van der Waals surface area contributed by atoms with E-state index < -0.39 is 23.5 Å². The molecule has 1 N–H and O–H groups in total. The van der Waals surface area contributed by atoms with Crippen LogP contribution in [0.2, 0.25) is 0 Å². The van der Waals surface area contributed by atoms with Crippen molar-refractivity contribution in [2.24, 2.45) is 5.41 Å². The number of piperidine rings is 1. The Kier molecular flexibility index (Phi) is 7.24. The van der Waals surface area contributed by atoms with E-state index in [-0.39, 0.29) is 16.7 Å². The van der Waals surface area contributed by atoms with Gasteiger partial charge in [-0.1, -0.05) is 26.0 Å². The van der Waals surface area contributed by atoms with Gasteiger partial charge in [0.15, 0.2) is 0 Å². The number of pyridine rings is 2. The van der Waals surface area contributed by atoms with Gasteiger partial charge in [-0.25, -0.2) is 0 Å². The fourth-order valence-electron chi connectivity index (χ4n) is 5.29. The summed E-state index contributed by atoms with van der Waals surface area (Å²) in [5.74, 6) is 0. The number of likely N-dealkylation sites (tertiary alicyclic amines) is 1. The van der Waals surface area contributed by atoms with E-state index in [2.05, 4.69) is 29.0 Å². The number of alkyl halides is 6. The van der Waals surface area contributed by atoms with Gasteiger partial charge in [-0.3, -0.25) is 14.9 Å². The van der Waals surface area contributed by atoms with Crippen molar-refractivity contribution in [2.75, 3.05) is 18.4 Å². The van der Waals surface area contributed by atoms with E-state index >= 15 is 0 Å². The van der Waals surface area contributed by atoms with Crippen LogP contribution >= 0.6 is 0 Å². The molecule has 0 amide bonds. The molecule has 3 heterocycles. The first kappa shape index (κ1) is 27.9. The molecule has 0 bridgehead atoms. The minimum atomic E-state index is -4.58. The van der Waals surface area contributed by atoms with E-state index in [1.807, 2.05) is 6.07 Å². The fraction of sp³-hybridized carbons (Fsp3) is 0.333. The molecule has 1 fully saturated rings. The Morgan fingerprint density at radius 2 is 1.68 bits per heavy atom. The van der Waals surface area contributed by atoms with Gasteiger partial charge >= 0.3 is 12.4 Å². The van der Waals surface area contributed by atoms with Crippen LogP contribution < -0.4 is 5.32 Å². The number of aromatic nitrogens is 2. The molecule has 5 rings (SSSR count). The third-order valence-corrected chi connectivity index (χ3v) is 7.11. The van der Waals surface area contributed by atoms with Crippen molar-refractivity contribution in [3.63, 3.8) is 0 Å². The molecule has 0 atom stereocenters. The standard InChI is InChI=1S/C30H28F6N4/c1-28(2)12-4-14-40(18-28)17-22-16-26(38-21-9-7-20(8-10-21)29(31,32)33)23-11-6-19(15-25(23)39-22)27-24(30(34,35)36)5-3-13-37-27/h3,5-11,13,15-16H,4,12,14,17-18H2,1-2H3,(H,38,39). The predicted octanol–water partition coefficient (Wildman–Crippen LogP) is 8.70. The SMILES string of the molecule is CC1(C)CCCN(Cc2cc(Nc3ccc(C(F)(F)F)cc3)c3ccc(-c4ncccc4C(F)(F)F)cc3n2)C1. The Balaban J connectivity index is 1.57. The molecule has 0 saturated carbocycles. The van der Waals surface area contributed by atoms with Crippen LogP contribution in [0.3, 0.4) is 0 Å². The van der Waals surface area contributed by atoms with Crippen LogP contribution in [0.5, 0.6) is 0 Å². The number of halogens is 6. The number of rotatable bonds is 5. The molecule has 1 aliphatic rings. The summed E-state index contributed by atoms with van der Waals surface area (Å²) in [5.41, 5.74) is 0.822. The number of anilines is 2. The largest absolute Gasteiger partial charge is 0.418 e. The van der Waals surface area contributed by atoms with Crippen molar-refractivity contribution in [2.45, 2.75) is 45.6 Å². The summed E-state index contributed by atoms with van der Waals surface area (Å²) < 4.78 is 80.3. The van der Waals surface area contributed by atoms with Crippen LogP contribution in [0.15, 0.2) is 66.9 Å². The Hall–Kier alpha value is -3.66. The van der Waals surface area contributed by atoms with E-state index in [9.17, 15) is 26.3 Å². The summed E-state index contributed by atoms with van der Waals surface area (Å²) in [5, 5.41) is 3.81. The summed E-state index contributed by atoms with van der Waals surface area (Å²) in [4.78, 5) is 11.1. The molecule has 4 nitrogen and oxygen atoms in total. The number of hydrogen-bond donors (Lipinski definition) is 1. The van der Waals surface area contributed by atoms with Crippen molar-refractivity contribution >= 4 is 22.3 Å². The molecule has 0 spiro atoms. The quantitative estimate of drug-likeness (QED) is 0.249. The molecule has 40 heavy (non-hydrogen) atoms. The maximum absolute atomic E-state index is 13.7. The van der Waals surface area contributed by atoms with E-state index in [1.165, 1.54) is 24.4 Å². The first-order valence-corrected chi connectivity index (χ1v) is 12.9. The van der Waals surface area contributed by atoms with Crippen LogP contribution in [0, 0.1) is 5.41 Å². The molecular weight excluding hydrogens is 530 g/mol. The maximum atomic E-state index is 13.7. The molecule has 2 aromatic heterocycles. The average Bonchev–Trinajstić information content (AvgIpc) is 2.87. The van der Waals surface area contributed by atoms with Crippen LogP contribution in [-0.2, 0) is 18.9 Å². The Morgan fingerprint density at radius 3 is 2.35 bits per heavy atom. The zero-order valence-corrected chi connectivity index (χ0v) is 22.0. The lowest BCUT2D eigenvalue weighted by molar-refractivity contribution is -0.138. The van der Waals surface area contributed by atoms with Crippen LogP contribution in [0.1, 0.15) is 43.5 Å². The van der Waals surface area contributed by atoms with Crippen molar-refractivity contribution in [3.05, 3.63) is 83.7 Å². The van der Waals surface area contributed by atoms with Gasteiger partial charge in [0, 0.05) is 41.6 Å². The van der Waals surface area contributed by atoms with E-state index in [0.29, 0.717) is 34.5 Å². The van der Waals surface area contributed by atoms with Crippen molar-refractivity contribution in [1.82, 2.24) is 14.9 Å². The van der Waals surface area contributed by atoms with Crippen molar-refractivity contribution < 1.29 is 26.3 Å². The van der Waals surface area contributed by atoms with Crippen LogP contribution in [0.4, 0.5) is 37.7 Å². The van der Waals surface area contributed by atoms with E-state index in [4.69, 9.17) is 4.98 Å². The van der Waals surface area contributed by atoms with Gasteiger partial charge < -0.3 is 5.32 Å². The molecule has 0 aliphatic carbocycles. The van der Waals surface area contributed by atoms with Gasteiger partial charge in [-0.2, -0.15) is 26.3 Å². The Morgan fingerprint density at radius 1 is 0.925 bits per heavy atom. The summed E-state index contributed by atoms with van der Waals surface area (Å²) >= 11 is 0. The van der Waals surface area contributed by atoms with Crippen molar-refractivity contribution in [3.8, 4) is 11.3 Å². The monoisotopic (exact) mass is 558 g/mol. The average molecular weight is 559 g/mol. The lowest BCUT2D eigenvalue weighted by atomic mass is 9.84. The normalized spacial score (nSPS) is 16.3. The third kappa shape index (κ3) is 6.22. The minimum Gasteiger partial charge on any atom is -0.355 e. The Bertz CT molecular complexity index is 1510. The zero-order valence-electron chi connectivity index (χ0n) is 22.0. The van der Waals surface area contributed by atoms with Gasteiger partial charge in [-0.05, 0) is 73.3 Å². The second-order valence-corrected chi connectivity index (χ2v) is 11.0. The topological polar surface area (TPSA) is 41.0 Å². The lowest BCUT2D eigenvalue weighted by Gasteiger charge is -2.37. The highest BCUT2D eigenvalue weighted by molar-refractivity contribution is 5.95. The molecule has 2 aromatic carbocycles. The Labute approximate surface area is 228 Å². The molecule has 0 radical (unpaired) electrons. The van der Waals surface area contributed by atoms with E-state index in [0.717, 1.165) is 44.1 Å². The maximum Gasteiger partial charge on any atom is 0.418 e. The van der Waals surface area contributed by atoms with Gasteiger partial charge in [0.25, 0.3) is 0 Å². The zero-order chi connectivity index (χ0) is 28.7. The molecular formula is C30H28F6N4. The predicted molar refractivity (Wildman–Crippen MR) is 143 cm³/mol. The number of benzene rings is 2. The molecule has 10 heteroatoms. The first-order valence-electron chi connectivity index (χ1n) is 12.9. The molecule has 4 aromatic rings. The summed E-state index contributed by atoms with van der Waals surface area (Å²) in [6.07, 6.45) is -5.56. The highest BCUT2D eigenvalue weighted by Gasteiger charge is 2.34. The number of nitrogens with one attached hydrogen (secondary N) is 1. The molecule has 1 saturated heterocycles. The van der Waals surface area contributed by atoms with Gasteiger partial charge in [0.05, 0.1) is 28.0 Å². The third-order valence-electron chi connectivity index (χ3n) is 7.11. The molecule has 210 valence electrons. The van der Waals surface area contributed by atoms with Gasteiger partial charge in [0.2, 0.25) is 0 Å². The van der Waals surface area contributed by atoms with Gasteiger partial charge in [-0.15, -0.1) is 0 Å². The number of hydrogen-bond acceptors (Lipinski definition) is 4. The first-order chi connectivity index (χ1) is 18.8. The number of nitrogens with zero attached hydrogens (tertiary/aromatic N) is 3. The summed E-state index contributed by atoms with van der Waals surface area (Å²) in [6, 6.07) is 13.6. The summed E-state index contributed by atoms with van der Waals surface area (Å²) in [6.45, 7) is 6.72. The smallest absolute Gasteiger partial charge is 0.355 e. The minimum absolute atomic E-state index is 0.149. The second-order valence-electron chi connectivity index (χ2n) is 11.0. The highest BCUT2D eigenvalue weighted by Crippen LogP contribution is 2.38. The summed E-state index contributed by atoms with van der Waals surface area (Å²) in [7, 11) is 0. The van der Waals surface area contributed by atoms with Gasteiger partial charge in [0.1, 0.15) is 0 Å². The highest BCUT2D eigenvalue weighted by atomic mass is 19.4. The molecule has 0 unspecified atom stereocenters. The van der Waals surface area contributed by atoms with Crippen molar-refractivity contribution in [1.29, 1.82) is 0 Å². The van der Waals surface area contributed by atoms with Crippen LogP contribution in [0.25, 0.3) is 22.2 Å². The van der Waals surface area contributed by atoms with Crippen LogP contribution in [-0.4, -0.2) is 28.0 Å².